The highest BCUT2D eigenvalue weighted by molar-refractivity contribution is 7.90. The average molecular weight is 531 g/mol. The van der Waals surface area contributed by atoms with E-state index < -0.39 is 22.1 Å². The fourth-order valence-electron chi connectivity index (χ4n) is 4.41. The third kappa shape index (κ3) is 5.05. The van der Waals surface area contributed by atoms with Crippen LogP contribution < -0.4 is 9.47 Å². The van der Waals surface area contributed by atoms with Crippen molar-refractivity contribution in [3.8, 4) is 11.5 Å². The van der Waals surface area contributed by atoms with Gasteiger partial charge in [-0.25, -0.2) is 4.79 Å². The molecule has 0 spiro atoms. The Morgan fingerprint density at radius 2 is 1.58 bits per heavy atom. The van der Waals surface area contributed by atoms with Gasteiger partial charge in [-0.2, -0.15) is 8.42 Å². The number of amidine groups is 1. The van der Waals surface area contributed by atoms with Crippen molar-refractivity contribution >= 4 is 32.6 Å². The molecule has 0 amide bonds. The number of sulfonamides is 1. The van der Waals surface area contributed by atoms with Crippen molar-refractivity contribution < 1.29 is 27.4 Å². The average Bonchev–Trinajstić information content (AvgIpc) is 3.22. The van der Waals surface area contributed by atoms with Crippen LogP contribution in [0.2, 0.25) is 0 Å². The Morgan fingerprint density at radius 3 is 2.42 bits per heavy atom. The number of esters is 1. The van der Waals surface area contributed by atoms with Gasteiger partial charge in [0.25, 0.3) is 10.0 Å². The van der Waals surface area contributed by atoms with Gasteiger partial charge < -0.3 is 19.1 Å². The predicted molar refractivity (Wildman–Crippen MR) is 144 cm³/mol. The zero-order chi connectivity index (χ0) is 26.7. The van der Waals surface area contributed by atoms with E-state index in [1.54, 1.807) is 54.4 Å². The summed E-state index contributed by atoms with van der Waals surface area (Å²) < 4.78 is 46.5. The lowest BCUT2D eigenvalue weighted by atomic mass is 10.1. The van der Waals surface area contributed by atoms with Crippen LogP contribution in [0, 0.1) is 0 Å². The Kier molecular flexibility index (Phi) is 7.02. The molecule has 0 N–H and O–H groups in total. The van der Waals surface area contributed by atoms with Gasteiger partial charge in [-0.3, -0.25) is 0 Å². The van der Waals surface area contributed by atoms with E-state index in [0.717, 1.165) is 10.8 Å². The molecule has 4 aromatic rings. The summed E-state index contributed by atoms with van der Waals surface area (Å²) >= 11 is 0. The smallest absolute Gasteiger partial charge is 0.342 e. The maximum Gasteiger partial charge on any atom is 0.342 e. The number of carbonyl (C=O) groups is 1. The van der Waals surface area contributed by atoms with E-state index in [1.165, 1.54) is 13.2 Å². The second-order valence-electron chi connectivity index (χ2n) is 8.78. The molecule has 0 fully saturated rings. The minimum Gasteiger partial charge on any atom is -0.496 e. The number of nitrogens with zero attached hydrogens (tertiary/aromatic N) is 2. The third-order valence-corrected chi connectivity index (χ3v) is 7.55. The number of hydrogen-bond donors (Lipinski definition) is 0. The molecule has 1 aliphatic rings. The molecular weight excluding hydrogens is 504 g/mol. The summed E-state index contributed by atoms with van der Waals surface area (Å²) in [5, 5.41) is 1.95. The minimum absolute atomic E-state index is 0.0287. The van der Waals surface area contributed by atoms with Crippen molar-refractivity contribution in [3.05, 3.63) is 102 Å². The number of para-hydroxylation sites is 1. The van der Waals surface area contributed by atoms with Crippen LogP contribution in [0.3, 0.4) is 0 Å². The van der Waals surface area contributed by atoms with Crippen LogP contribution in [0.4, 0.5) is 0 Å². The first-order valence-corrected chi connectivity index (χ1v) is 13.4. The standard InChI is InChI=1S/C29H26N2O6S/c1-31(28-24-14-6-8-17-27(24)38(33,34)30-28)18-21(37-29(32)23-13-5-7-15-25(23)35-2)19-36-26-16-9-11-20-10-3-4-12-22(20)26/h3-17,21H,18-19H2,1-2H3. The zero-order valence-corrected chi connectivity index (χ0v) is 21.7. The molecule has 0 radical (unpaired) electrons. The van der Waals surface area contributed by atoms with Crippen LogP contribution in [0.1, 0.15) is 15.9 Å². The van der Waals surface area contributed by atoms with Crippen molar-refractivity contribution in [2.24, 2.45) is 4.40 Å². The number of ether oxygens (including phenoxy) is 3. The lowest BCUT2D eigenvalue weighted by Crippen LogP contribution is -2.39. The lowest BCUT2D eigenvalue weighted by Gasteiger charge is -2.26. The van der Waals surface area contributed by atoms with Gasteiger partial charge in [0.05, 0.1) is 13.7 Å². The molecule has 1 unspecified atom stereocenters. The highest BCUT2D eigenvalue weighted by Gasteiger charge is 2.32. The van der Waals surface area contributed by atoms with Crippen molar-refractivity contribution in [2.45, 2.75) is 11.0 Å². The fourth-order valence-corrected chi connectivity index (χ4v) is 5.66. The van der Waals surface area contributed by atoms with Crippen molar-refractivity contribution in [1.82, 2.24) is 4.90 Å². The van der Waals surface area contributed by atoms with Crippen LogP contribution in [0.25, 0.3) is 10.8 Å². The summed E-state index contributed by atoms with van der Waals surface area (Å²) in [5.74, 6) is 0.739. The predicted octanol–water partition coefficient (Wildman–Crippen LogP) is 4.53. The number of methoxy groups -OCH3 is 1. The summed E-state index contributed by atoms with van der Waals surface area (Å²) in [5.41, 5.74) is 0.777. The number of likely N-dealkylation sites (N-methyl/N-ethyl adjacent to an activating group) is 1. The van der Waals surface area contributed by atoms with Gasteiger partial charge in [-0.05, 0) is 35.7 Å². The molecule has 0 aliphatic carbocycles. The molecule has 1 atom stereocenters. The molecule has 38 heavy (non-hydrogen) atoms. The Bertz CT molecular complexity index is 1630. The van der Waals surface area contributed by atoms with Gasteiger partial charge in [0.2, 0.25) is 0 Å². The van der Waals surface area contributed by atoms with Crippen molar-refractivity contribution in [1.29, 1.82) is 0 Å². The molecule has 8 nitrogen and oxygen atoms in total. The second kappa shape index (κ2) is 10.5. The normalized spacial score (nSPS) is 14.3. The molecule has 1 aliphatic heterocycles. The number of hydrogen-bond acceptors (Lipinski definition) is 7. The molecule has 9 heteroatoms. The molecule has 0 saturated carbocycles. The Morgan fingerprint density at radius 1 is 0.895 bits per heavy atom. The van der Waals surface area contributed by atoms with Crippen LogP contribution in [-0.4, -0.2) is 58.5 Å². The number of benzene rings is 4. The summed E-state index contributed by atoms with van der Waals surface area (Å²) in [4.78, 5) is 15.0. The molecule has 0 saturated heterocycles. The summed E-state index contributed by atoms with van der Waals surface area (Å²) in [6, 6.07) is 27.0. The summed E-state index contributed by atoms with van der Waals surface area (Å²) in [6.45, 7) is 0.162. The highest BCUT2D eigenvalue weighted by atomic mass is 32.2. The van der Waals surface area contributed by atoms with Gasteiger partial charge >= 0.3 is 5.97 Å². The molecule has 4 aromatic carbocycles. The van der Waals surface area contributed by atoms with Gasteiger partial charge in [0.1, 0.15) is 28.6 Å². The van der Waals surface area contributed by atoms with Gasteiger partial charge in [0, 0.05) is 18.0 Å². The van der Waals surface area contributed by atoms with E-state index in [9.17, 15) is 13.2 Å². The first kappa shape index (κ1) is 25.3. The molecule has 5 rings (SSSR count). The zero-order valence-electron chi connectivity index (χ0n) is 20.9. The van der Waals surface area contributed by atoms with Crippen LogP contribution >= 0.6 is 0 Å². The van der Waals surface area contributed by atoms with Crippen molar-refractivity contribution in [2.75, 3.05) is 27.3 Å². The summed E-state index contributed by atoms with van der Waals surface area (Å²) in [6.07, 6.45) is -0.769. The Labute approximate surface area is 221 Å². The Balaban J connectivity index is 1.41. The number of carbonyl (C=O) groups excluding carboxylic acids is 1. The maximum atomic E-state index is 13.2. The van der Waals surface area contributed by atoms with Gasteiger partial charge in [0.15, 0.2) is 11.9 Å². The van der Waals surface area contributed by atoms with Crippen LogP contribution in [0.15, 0.2) is 100 Å². The number of fused-ring (bicyclic) bond motifs is 2. The van der Waals surface area contributed by atoms with E-state index in [1.807, 2.05) is 42.5 Å². The molecule has 1 heterocycles. The topological polar surface area (TPSA) is 94.5 Å². The van der Waals surface area contributed by atoms with E-state index in [2.05, 4.69) is 4.40 Å². The van der Waals surface area contributed by atoms with E-state index in [0.29, 0.717) is 17.1 Å². The first-order valence-electron chi connectivity index (χ1n) is 12.0. The highest BCUT2D eigenvalue weighted by Crippen LogP contribution is 2.28. The maximum absolute atomic E-state index is 13.2. The first-order chi connectivity index (χ1) is 18.4. The van der Waals surface area contributed by atoms with Crippen LogP contribution in [0.5, 0.6) is 11.5 Å². The quantitative estimate of drug-likeness (QED) is 0.309. The largest absolute Gasteiger partial charge is 0.496 e. The monoisotopic (exact) mass is 530 g/mol. The summed E-state index contributed by atoms with van der Waals surface area (Å²) in [7, 11) is -0.610. The van der Waals surface area contributed by atoms with Crippen LogP contribution in [-0.2, 0) is 14.8 Å². The lowest BCUT2D eigenvalue weighted by molar-refractivity contribution is 0.0129. The molecule has 0 bridgehead atoms. The molecule has 0 aromatic heterocycles. The van der Waals surface area contributed by atoms with Gasteiger partial charge in [-0.15, -0.1) is 4.40 Å². The SMILES string of the molecule is COc1ccccc1C(=O)OC(COc1cccc2ccccc12)CN(C)C1=NS(=O)(=O)c2ccccc21. The van der Waals surface area contributed by atoms with E-state index in [-0.39, 0.29) is 29.4 Å². The van der Waals surface area contributed by atoms with E-state index in [4.69, 9.17) is 14.2 Å². The number of rotatable bonds is 8. The molecular formula is C29H26N2O6S. The third-order valence-electron chi connectivity index (χ3n) is 6.23. The fraction of sp³-hybridized carbons (Fsp3) is 0.172. The second-order valence-corrected chi connectivity index (χ2v) is 10.4. The Hall–Kier alpha value is -4.37. The van der Waals surface area contributed by atoms with Crippen molar-refractivity contribution in [3.63, 3.8) is 0 Å². The minimum atomic E-state index is -3.80. The van der Waals surface area contributed by atoms with E-state index >= 15 is 0 Å². The van der Waals surface area contributed by atoms with Gasteiger partial charge in [-0.1, -0.05) is 60.7 Å². The molecule has 194 valence electrons.